The number of rotatable bonds is 2. The third kappa shape index (κ3) is 2.84. The molecule has 0 aliphatic rings. The Morgan fingerprint density at radius 1 is 1.00 bits per heavy atom. The van der Waals surface area contributed by atoms with E-state index in [1.54, 1.807) is 30.3 Å². The minimum Gasteiger partial charge on any atom is -0.384 e. The molecule has 1 atom stereocenters. The summed E-state index contributed by atoms with van der Waals surface area (Å²) in [4.78, 5) is 0. The van der Waals surface area contributed by atoms with E-state index in [4.69, 9.17) is 34.8 Å². The number of hydrogen-bond acceptors (Lipinski definition) is 1. The molecule has 18 heavy (non-hydrogen) atoms. The first-order chi connectivity index (χ1) is 8.50. The topological polar surface area (TPSA) is 20.2 Å². The second-order valence-corrected chi connectivity index (χ2v) is 5.79. The summed E-state index contributed by atoms with van der Waals surface area (Å²) in [6.45, 7) is 0. The lowest BCUT2D eigenvalue weighted by molar-refractivity contribution is 0.220. The molecule has 1 nitrogen and oxygen atoms in total. The highest BCUT2D eigenvalue weighted by molar-refractivity contribution is 9.10. The van der Waals surface area contributed by atoms with Crippen molar-refractivity contribution in [1.82, 2.24) is 0 Å². The fraction of sp³-hybridized carbons (Fsp3) is 0.0769. The lowest BCUT2D eigenvalue weighted by Crippen LogP contribution is -2.01. The molecule has 0 amide bonds. The van der Waals surface area contributed by atoms with Crippen LogP contribution in [0.1, 0.15) is 17.2 Å². The molecule has 0 heterocycles. The summed E-state index contributed by atoms with van der Waals surface area (Å²) >= 11 is 21.4. The van der Waals surface area contributed by atoms with Crippen molar-refractivity contribution < 1.29 is 5.11 Å². The van der Waals surface area contributed by atoms with Gasteiger partial charge in [0.05, 0.1) is 5.02 Å². The summed E-state index contributed by atoms with van der Waals surface area (Å²) in [6, 6.07) is 10.3. The Kier molecular flexibility index (Phi) is 4.57. The highest BCUT2D eigenvalue weighted by atomic mass is 79.9. The van der Waals surface area contributed by atoms with Crippen molar-refractivity contribution in [2.24, 2.45) is 0 Å². The van der Waals surface area contributed by atoms with Crippen molar-refractivity contribution >= 4 is 50.7 Å². The Morgan fingerprint density at radius 2 is 1.72 bits per heavy atom. The first-order valence-electron chi connectivity index (χ1n) is 5.07. The van der Waals surface area contributed by atoms with Crippen molar-refractivity contribution in [3.8, 4) is 0 Å². The molecule has 0 fully saturated rings. The fourth-order valence-electron chi connectivity index (χ4n) is 1.62. The zero-order chi connectivity index (χ0) is 13.3. The van der Waals surface area contributed by atoms with E-state index >= 15 is 0 Å². The summed E-state index contributed by atoms with van der Waals surface area (Å²) in [6.07, 6.45) is -0.889. The van der Waals surface area contributed by atoms with E-state index in [0.717, 1.165) is 4.47 Å². The predicted octanol–water partition coefficient (Wildman–Crippen LogP) is 5.49. The van der Waals surface area contributed by atoms with Gasteiger partial charge in [0.25, 0.3) is 0 Å². The van der Waals surface area contributed by atoms with Crippen LogP contribution in [0.15, 0.2) is 40.9 Å². The molecule has 0 aliphatic heterocycles. The molecule has 2 aromatic carbocycles. The van der Waals surface area contributed by atoms with Crippen molar-refractivity contribution in [3.63, 3.8) is 0 Å². The summed E-state index contributed by atoms with van der Waals surface area (Å²) < 4.78 is 0.728. The number of aliphatic hydroxyl groups excluding tert-OH is 1. The van der Waals surface area contributed by atoms with Crippen molar-refractivity contribution in [3.05, 3.63) is 67.1 Å². The molecule has 0 aliphatic carbocycles. The Morgan fingerprint density at radius 3 is 2.39 bits per heavy atom. The van der Waals surface area contributed by atoms with Gasteiger partial charge in [-0.05, 0) is 34.1 Å². The molecule has 2 rings (SSSR count). The Hall–Kier alpha value is -0.250. The van der Waals surface area contributed by atoms with E-state index in [-0.39, 0.29) is 0 Å². The van der Waals surface area contributed by atoms with E-state index in [9.17, 15) is 5.11 Å². The minimum atomic E-state index is -0.889. The molecule has 0 radical (unpaired) electrons. The molecule has 1 unspecified atom stereocenters. The summed E-state index contributed by atoms with van der Waals surface area (Å²) in [5.41, 5.74) is 1.16. The fourth-order valence-corrected chi connectivity index (χ4v) is 2.75. The maximum Gasteiger partial charge on any atom is 0.107 e. The largest absolute Gasteiger partial charge is 0.384 e. The molecule has 0 aromatic heterocycles. The van der Waals surface area contributed by atoms with Gasteiger partial charge in [0, 0.05) is 25.6 Å². The van der Waals surface area contributed by atoms with Gasteiger partial charge in [-0.1, -0.05) is 53.0 Å². The molecule has 0 spiro atoms. The second-order valence-electron chi connectivity index (χ2n) is 3.71. The second kappa shape index (κ2) is 5.81. The van der Waals surface area contributed by atoms with Gasteiger partial charge in [0.15, 0.2) is 0 Å². The molecule has 0 saturated carbocycles. The van der Waals surface area contributed by atoms with Crippen LogP contribution in [-0.4, -0.2) is 5.11 Å². The van der Waals surface area contributed by atoms with Gasteiger partial charge in [-0.3, -0.25) is 0 Å². The van der Waals surface area contributed by atoms with Crippen LogP contribution in [0.2, 0.25) is 15.1 Å². The van der Waals surface area contributed by atoms with Crippen molar-refractivity contribution in [2.75, 3.05) is 0 Å². The molecular weight excluding hydrogens is 358 g/mol. The van der Waals surface area contributed by atoms with Crippen LogP contribution in [0.3, 0.4) is 0 Å². The quantitative estimate of drug-likeness (QED) is 0.745. The summed E-state index contributed by atoms with van der Waals surface area (Å²) in [7, 11) is 0. The SMILES string of the molecule is OC(c1ccc(Cl)cc1Cl)c1cccc(Br)c1Cl. The number of hydrogen-bond donors (Lipinski definition) is 1. The summed E-state index contributed by atoms with van der Waals surface area (Å²) in [5.74, 6) is 0. The molecule has 0 bridgehead atoms. The van der Waals surface area contributed by atoms with Gasteiger partial charge >= 0.3 is 0 Å². The Labute approximate surface area is 128 Å². The van der Waals surface area contributed by atoms with Crippen molar-refractivity contribution in [2.45, 2.75) is 6.10 Å². The van der Waals surface area contributed by atoms with Crippen LogP contribution in [0, 0.1) is 0 Å². The van der Waals surface area contributed by atoms with Crippen molar-refractivity contribution in [1.29, 1.82) is 0 Å². The maximum absolute atomic E-state index is 10.3. The Bertz CT molecular complexity index is 586. The molecule has 94 valence electrons. The standard InChI is InChI=1S/C13H8BrCl3O/c14-10-3-1-2-9(12(10)17)13(18)8-5-4-7(15)6-11(8)16/h1-6,13,18H. The zero-order valence-electron chi connectivity index (χ0n) is 9.00. The average Bonchev–Trinajstić information content (AvgIpc) is 2.32. The molecular formula is C13H8BrCl3O. The van der Waals surface area contributed by atoms with Crippen LogP contribution in [0.25, 0.3) is 0 Å². The first kappa shape index (κ1) is 14.2. The van der Waals surface area contributed by atoms with E-state index in [1.807, 2.05) is 6.07 Å². The lowest BCUT2D eigenvalue weighted by atomic mass is 10.0. The van der Waals surface area contributed by atoms with Crippen LogP contribution >= 0.6 is 50.7 Å². The Balaban J connectivity index is 2.48. The smallest absolute Gasteiger partial charge is 0.107 e. The van der Waals surface area contributed by atoms with Crippen LogP contribution in [0.4, 0.5) is 0 Å². The summed E-state index contributed by atoms with van der Waals surface area (Å²) in [5, 5.41) is 11.7. The third-order valence-corrected chi connectivity index (χ3v) is 4.41. The number of aliphatic hydroxyl groups is 1. The van der Waals surface area contributed by atoms with Crippen LogP contribution in [-0.2, 0) is 0 Å². The highest BCUT2D eigenvalue weighted by Gasteiger charge is 2.18. The molecule has 2 aromatic rings. The normalized spacial score (nSPS) is 12.5. The van der Waals surface area contributed by atoms with E-state index in [1.165, 1.54) is 0 Å². The van der Waals surface area contributed by atoms with E-state index in [0.29, 0.717) is 26.2 Å². The number of benzene rings is 2. The van der Waals surface area contributed by atoms with Gasteiger partial charge in [-0.25, -0.2) is 0 Å². The number of halogens is 4. The monoisotopic (exact) mass is 364 g/mol. The first-order valence-corrected chi connectivity index (χ1v) is 7.00. The minimum absolute atomic E-state index is 0.408. The van der Waals surface area contributed by atoms with Crippen LogP contribution in [0.5, 0.6) is 0 Å². The zero-order valence-corrected chi connectivity index (χ0v) is 12.9. The van der Waals surface area contributed by atoms with E-state index in [2.05, 4.69) is 15.9 Å². The maximum atomic E-state index is 10.3. The van der Waals surface area contributed by atoms with Gasteiger partial charge in [-0.2, -0.15) is 0 Å². The highest BCUT2D eigenvalue weighted by Crippen LogP contribution is 2.36. The molecule has 0 saturated heterocycles. The lowest BCUT2D eigenvalue weighted by Gasteiger charge is -2.15. The van der Waals surface area contributed by atoms with Gasteiger partial charge in [-0.15, -0.1) is 0 Å². The van der Waals surface area contributed by atoms with Gasteiger partial charge < -0.3 is 5.11 Å². The molecule has 5 heteroatoms. The van der Waals surface area contributed by atoms with Gasteiger partial charge in [0.1, 0.15) is 6.10 Å². The van der Waals surface area contributed by atoms with Crippen LogP contribution < -0.4 is 0 Å². The van der Waals surface area contributed by atoms with Gasteiger partial charge in [0.2, 0.25) is 0 Å². The third-order valence-electron chi connectivity index (χ3n) is 2.53. The van der Waals surface area contributed by atoms with E-state index < -0.39 is 6.10 Å². The average molecular weight is 366 g/mol. The predicted molar refractivity (Wildman–Crippen MR) is 79.7 cm³/mol. The molecule has 1 N–H and O–H groups in total.